The fraction of sp³-hybridized carbons (Fsp3) is 0.500. The highest BCUT2D eigenvalue weighted by Crippen LogP contribution is 2.07. The van der Waals surface area contributed by atoms with Crippen LogP contribution in [0.3, 0.4) is 0 Å². The molecule has 5 heteroatoms. The van der Waals surface area contributed by atoms with Crippen LogP contribution in [0, 0.1) is 6.92 Å². The fourth-order valence-corrected chi connectivity index (χ4v) is 1.35. The lowest BCUT2D eigenvalue weighted by Crippen LogP contribution is -2.27. The molecule has 13 heavy (non-hydrogen) atoms. The lowest BCUT2D eigenvalue weighted by atomic mass is 10.3. The molecule has 1 aromatic heterocycles. The molecule has 1 aliphatic rings. The van der Waals surface area contributed by atoms with Crippen LogP contribution < -0.4 is 5.32 Å². The molecule has 1 N–H and O–H groups in total. The van der Waals surface area contributed by atoms with Gasteiger partial charge in [0.15, 0.2) is 0 Å². The maximum atomic E-state index is 11.1. The van der Waals surface area contributed by atoms with E-state index >= 15 is 0 Å². The van der Waals surface area contributed by atoms with E-state index in [0.29, 0.717) is 6.54 Å². The number of amides is 2. The van der Waals surface area contributed by atoms with E-state index in [4.69, 9.17) is 4.52 Å². The first kappa shape index (κ1) is 8.10. The number of urea groups is 1. The zero-order chi connectivity index (χ0) is 9.26. The van der Waals surface area contributed by atoms with E-state index in [1.807, 2.05) is 13.0 Å². The van der Waals surface area contributed by atoms with Crippen molar-refractivity contribution in [2.75, 3.05) is 13.1 Å². The summed E-state index contributed by atoms with van der Waals surface area (Å²) in [5, 5.41) is 6.54. The number of rotatable bonds is 2. The molecular weight excluding hydrogens is 170 g/mol. The standard InChI is InChI=1S/C8H11N3O2/c1-6-4-7(10-13-6)5-11-3-2-9-8(11)12/h4H,2-3,5H2,1H3,(H,9,12). The molecule has 2 amide bonds. The smallest absolute Gasteiger partial charge is 0.317 e. The van der Waals surface area contributed by atoms with Crippen LogP contribution in [0.4, 0.5) is 4.79 Å². The van der Waals surface area contributed by atoms with Crippen molar-refractivity contribution in [3.05, 3.63) is 17.5 Å². The van der Waals surface area contributed by atoms with Crippen LogP contribution in [-0.4, -0.2) is 29.2 Å². The fourth-order valence-electron chi connectivity index (χ4n) is 1.35. The highest BCUT2D eigenvalue weighted by atomic mass is 16.5. The molecule has 1 fully saturated rings. The second kappa shape index (κ2) is 3.08. The maximum Gasteiger partial charge on any atom is 0.317 e. The lowest BCUT2D eigenvalue weighted by molar-refractivity contribution is 0.214. The normalized spacial score (nSPS) is 16.4. The van der Waals surface area contributed by atoms with E-state index in [1.54, 1.807) is 4.90 Å². The molecule has 1 aromatic rings. The molecular formula is C8H11N3O2. The molecule has 2 rings (SSSR count). The average Bonchev–Trinajstić information content (AvgIpc) is 2.64. The zero-order valence-corrected chi connectivity index (χ0v) is 7.41. The Labute approximate surface area is 75.7 Å². The van der Waals surface area contributed by atoms with Crippen molar-refractivity contribution in [2.24, 2.45) is 0 Å². The summed E-state index contributed by atoms with van der Waals surface area (Å²) < 4.78 is 4.90. The first-order chi connectivity index (χ1) is 6.25. The Balaban J connectivity index is 2.01. The number of aromatic nitrogens is 1. The molecule has 5 nitrogen and oxygen atoms in total. The summed E-state index contributed by atoms with van der Waals surface area (Å²) in [4.78, 5) is 12.8. The molecule has 0 radical (unpaired) electrons. The summed E-state index contributed by atoms with van der Waals surface area (Å²) in [6.07, 6.45) is 0. The Kier molecular flexibility index (Phi) is 1.92. The average molecular weight is 181 g/mol. The topological polar surface area (TPSA) is 58.4 Å². The van der Waals surface area contributed by atoms with Gasteiger partial charge in [-0.15, -0.1) is 0 Å². The first-order valence-corrected chi connectivity index (χ1v) is 4.20. The molecule has 0 aromatic carbocycles. The van der Waals surface area contributed by atoms with Crippen molar-refractivity contribution >= 4 is 6.03 Å². The van der Waals surface area contributed by atoms with Gasteiger partial charge >= 0.3 is 6.03 Å². The summed E-state index contributed by atoms with van der Waals surface area (Å²) >= 11 is 0. The molecule has 0 atom stereocenters. The highest BCUT2D eigenvalue weighted by molar-refractivity contribution is 5.76. The predicted octanol–water partition coefficient (Wildman–Crippen LogP) is 0.508. The quantitative estimate of drug-likeness (QED) is 0.723. The molecule has 0 bridgehead atoms. The molecule has 70 valence electrons. The Bertz CT molecular complexity index is 321. The Hall–Kier alpha value is -1.52. The monoisotopic (exact) mass is 181 g/mol. The minimum Gasteiger partial charge on any atom is -0.361 e. The molecule has 0 saturated carbocycles. The van der Waals surface area contributed by atoms with Crippen LogP contribution in [0.2, 0.25) is 0 Å². The van der Waals surface area contributed by atoms with Gasteiger partial charge in [0.05, 0.1) is 6.54 Å². The molecule has 0 spiro atoms. The van der Waals surface area contributed by atoms with E-state index in [-0.39, 0.29) is 6.03 Å². The second-order valence-corrected chi connectivity index (χ2v) is 3.08. The van der Waals surface area contributed by atoms with Crippen LogP contribution in [0.5, 0.6) is 0 Å². The van der Waals surface area contributed by atoms with Crippen molar-refractivity contribution in [2.45, 2.75) is 13.5 Å². The van der Waals surface area contributed by atoms with Gasteiger partial charge < -0.3 is 14.7 Å². The van der Waals surface area contributed by atoms with Gasteiger partial charge in [0.25, 0.3) is 0 Å². The second-order valence-electron chi connectivity index (χ2n) is 3.08. The van der Waals surface area contributed by atoms with Crippen molar-refractivity contribution in [1.82, 2.24) is 15.4 Å². The van der Waals surface area contributed by atoms with Gasteiger partial charge in [0, 0.05) is 19.2 Å². The number of carbonyl (C=O) groups excluding carboxylic acids is 1. The van der Waals surface area contributed by atoms with Gasteiger partial charge in [0.2, 0.25) is 0 Å². The maximum absolute atomic E-state index is 11.1. The predicted molar refractivity (Wildman–Crippen MR) is 45.0 cm³/mol. The van der Waals surface area contributed by atoms with Crippen LogP contribution in [0.1, 0.15) is 11.5 Å². The summed E-state index contributed by atoms with van der Waals surface area (Å²) in [6, 6.07) is 1.81. The summed E-state index contributed by atoms with van der Waals surface area (Å²) in [5.74, 6) is 0.773. The summed E-state index contributed by atoms with van der Waals surface area (Å²) in [5.41, 5.74) is 0.801. The number of hydrogen-bond donors (Lipinski definition) is 1. The third kappa shape index (κ3) is 1.63. The minimum atomic E-state index is -0.0272. The van der Waals surface area contributed by atoms with Gasteiger partial charge in [-0.1, -0.05) is 5.16 Å². The van der Waals surface area contributed by atoms with Crippen LogP contribution in [0.25, 0.3) is 0 Å². The number of carbonyl (C=O) groups is 1. The number of hydrogen-bond acceptors (Lipinski definition) is 3. The SMILES string of the molecule is Cc1cc(CN2CCNC2=O)no1. The Morgan fingerprint density at radius 3 is 3.15 bits per heavy atom. The third-order valence-electron chi connectivity index (χ3n) is 1.97. The van der Waals surface area contributed by atoms with Crippen LogP contribution in [0.15, 0.2) is 10.6 Å². The number of aryl methyl sites for hydroxylation is 1. The van der Waals surface area contributed by atoms with Gasteiger partial charge in [-0.3, -0.25) is 0 Å². The lowest BCUT2D eigenvalue weighted by Gasteiger charge is -2.10. The van der Waals surface area contributed by atoms with Crippen molar-refractivity contribution in [3.8, 4) is 0 Å². The van der Waals surface area contributed by atoms with Gasteiger partial charge in [0.1, 0.15) is 11.5 Å². The number of nitrogens with one attached hydrogen (secondary N) is 1. The van der Waals surface area contributed by atoms with Gasteiger partial charge in [-0.05, 0) is 6.92 Å². The van der Waals surface area contributed by atoms with Crippen molar-refractivity contribution in [1.29, 1.82) is 0 Å². The molecule has 0 aliphatic carbocycles. The van der Waals surface area contributed by atoms with E-state index < -0.39 is 0 Å². The molecule has 0 unspecified atom stereocenters. The van der Waals surface area contributed by atoms with E-state index in [0.717, 1.165) is 24.5 Å². The van der Waals surface area contributed by atoms with E-state index in [9.17, 15) is 4.79 Å². The van der Waals surface area contributed by atoms with Crippen LogP contribution in [-0.2, 0) is 6.54 Å². The Morgan fingerprint density at radius 1 is 1.77 bits per heavy atom. The number of nitrogens with zero attached hydrogens (tertiary/aromatic N) is 2. The molecule has 1 saturated heterocycles. The molecule has 1 aliphatic heterocycles. The van der Waals surface area contributed by atoms with E-state index in [1.165, 1.54) is 0 Å². The van der Waals surface area contributed by atoms with Gasteiger partial charge in [-0.2, -0.15) is 0 Å². The summed E-state index contributed by atoms with van der Waals surface area (Å²) in [7, 11) is 0. The van der Waals surface area contributed by atoms with Gasteiger partial charge in [-0.25, -0.2) is 4.79 Å². The minimum absolute atomic E-state index is 0.0272. The van der Waals surface area contributed by atoms with Crippen LogP contribution >= 0.6 is 0 Å². The van der Waals surface area contributed by atoms with Crippen molar-refractivity contribution in [3.63, 3.8) is 0 Å². The first-order valence-electron chi connectivity index (χ1n) is 4.20. The van der Waals surface area contributed by atoms with Crippen molar-refractivity contribution < 1.29 is 9.32 Å². The largest absolute Gasteiger partial charge is 0.361 e. The molecule has 2 heterocycles. The highest BCUT2D eigenvalue weighted by Gasteiger charge is 2.20. The third-order valence-corrected chi connectivity index (χ3v) is 1.97. The zero-order valence-electron chi connectivity index (χ0n) is 7.41. The van der Waals surface area contributed by atoms with E-state index in [2.05, 4.69) is 10.5 Å². The summed E-state index contributed by atoms with van der Waals surface area (Å²) in [6.45, 7) is 3.82. The Morgan fingerprint density at radius 2 is 2.62 bits per heavy atom.